The van der Waals surface area contributed by atoms with E-state index >= 15 is 0 Å². The number of carboxylic acid groups (broad SMARTS) is 1. The lowest BCUT2D eigenvalue weighted by molar-refractivity contribution is -0.141. The number of aliphatic carboxylic acids is 1. The van der Waals surface area contributed by atoms with Crippen LogP contribution in [0.4, 0.5) is 13.2 Å². The van der Waals surface area contributed by atoms with E-state index in [1.54, 1.807) is 25.3 Å². The van der Waals surface area contributed by atoms with Gasteiger partial charge in [-0.15, -0.1) is 0 Å². The third kappa shape index (κ3) is 6.82. The van der Waals surface area contributed by atoms with Crippen LogP contribution in [0.5, 0.6) is 5.75 Å². The number of rotatable bonds is 8. The minimum absolute atomic E-state index is 0.0357. The molecule has 1 fully saturated rings. The van der Waals surface area contributed by atoms with E-state index in [1.807, 2.05) is 4.90 Å². The molecule has 6 nitrogen and oxygen atoms in total. The Morgan fingerprint density at radius 1 is 1.21 bits per heavy atom. The van der Waals surface area contributed by atoms with Crippen LogP contribution in [0.3, 0.4) is 0 Å². The average Bonchev–Trinajstić information content (AvgIpc) is 2.90. The number of aliphatic hydroxyl groups is 1. The molecule has 2 N–H and O–H groups in total. The van der Waals surface area contributed by atoms with Crippen LogP contribution < -0.4 is 4.74 Å². The summed E-state index contributed by atoms with van der Waals surface area (Å²) in [7, 11) is 1.55. The van der Waals surface area contributed by atoms with Gasteiger partial charge in [0.25, 0.3) is 0 Å². The quantitative estimate of drug-likeness (QED) is 0.270. The number of halogens is 4. The smallest absolute Gasteiger partial charge is 0.303 e. The molecule has 0 amide bonds. The second-order valence-corrected chi connectivity index (χ2v) is 10.3. The van der Waals surface area contributed by atoms with Gasteiger partial charge in [-0.05, 0) is 74.5 Å². The van der Waals surface area contributed by atoms with E-state index in [0.29, 0.717) is 72.6 Å². The van der Waals surface area contributed by atoms with Gasteiger partial charge < -0.3 is 14.9 Å². The van der Waals surface area contributed by atoms with Crippen LogP contribution in [0.15, 0.2) is 36.5 Å². The van der Waals surface area contributed by atoms with Gasteiger partial charge in [-0.25, -0.2) is 13.2 Å². The topological polar surface area (TPSA) is 82.9 Å². The zero-order valence-electron chi connectivity index (χ0n) is 21.3. The fraction of sp³-hybridized carbons (Fsp3) is 0.379. The number of carbonyl (C=O) groups is 1. The minimum Gasteiger partial charge on any atom is -0.497 e. The van der Waals surface area contributed by atoms with E-state index < -0.39 is 34.9 Å². The molecule has 1 aliphatic rings. The first-order valence-corrected chi connectivity index (χ1v) is 12.9. The predicted octanol–water partition coefficient (Wildman–Crippen LogP) is 5.74. The second kappa shape index (κ2) is 12.2. The van der Waals surface area contributed by atoms with Gasteiger partial charge in [0.05, 0.1) is 36.7 Å². The molecular weight excluding hydrogens is 533 g/mol. The van der Waals surface area contributed by atoms with E-state index in [4.69, 9.17) is 16.3 Å². The third-order valence-corrected chi connectivity index (χ3v) is 7.61. The fourth-order valence-electron chi connectivity index (χ4n) is 5.12. The number of methoxy groups -OCH3 is 1. The number of pyridine rings is 1. The first-order valence-electron chi connectivity index (χ1n) is 12.5. The van der Waals surface area contributed by atoms with E-state index in [-0.39, 0.29) is 12.0 Å². The molecule has 1 atom stereocenters. The zero-order chi connectivity index (χ0) is 28.2. The van der Waals surface area contributed by atoms with Gasteiger partial charge >= 0.3 is 5.97 Å². The van der Waals surface area contributed by atoms with Gasteiger partial charge in [-0.2, -0.15) is 0 Å². The molecule has 1 saturated heterocycles. The number of aromatic nitrogens is 1. The minimum atomic E-state index is -1.53. The average molecular weight is 561 g/mol. The predicted molar refractivity (Wildman–Crippen MR) is 141 cm³/mol. The number of fused-ring (bicyclic) bond motifs is 1. The molecule has 1 aliphatic heterocycles. The summed E-state index contributed by atoms with van der Waals surface area (Å²) in [5, 5.41) is 21.8. The molecule has 1 aromatic heterocycles. The normalized spacial score (nSPS) is 15.9. The summed E-state index contributed by atoms with van der Waals surface area (Å²) in [6, 6.07) is 7.02. The Bertz CT molecular complexity index is 1410. The molecule has 2 aromatic carbocycles. The highest BCUT2D eigenvalue weighted by atomic mass is 35.5. The summed E-state index contributed by atoms with van der Waals surface area (Å²) in [5.74, 6) is 1.08. The standard InChI is InChI=1S/C29H28ClF3N2O4/c1-39-19-4-5-24-20(15-19)27(21(30)17-34-24)25(36)6-7-29(16-26(37)38)8-11-35(12-9-29)10-2-3-18-13-22(31)28(33)23(32)14-18/h4-5,13-15,17,25,36H,6-12,16H2,1H3,(H,37,38)/t25-/m0/s1. The Morgan fingerprint density at radius 2 is 1.90 bits per heavy atom. The highest BCUT2D eigenvalue weighted by Gasteiger charge is 2.37. The summed E-state index contributed by atoms with van der Waals surface area (Å²) in [5.41, 5.74) is 0.715. The van der Waals surface area contributed by atoms with E-state index in [0.717, 1.165) is 12.1 Å². The van der Waals surface area contributed by atoms with Gasteiger partial charge in [0, 0.05) is 22.7 Å². The number of aliphatic hydroxyl groups excluding tert-OH is 1. The van der Waals surface area contributed by atoms with Crippen molar-refractivity contribution in [2.45, 2.75) is 38.2 Å². The number of carboxylic acids is 1. The number of benzene rings is 2. The van der Waals surface area contributed by atoms with E-state index in [2.05, 4.69) is 16.8 Å². The Balaban J connectivity index is 1.43. The SMILES string of the molecule is COc1ccc2ncc(Cl)c([C@@H](O)CCC3(CC(=O)O)CCN(CC#Cc4cc(F)c(F)c(F)c4)CC3)c2c1. The maximum atomic E-state index is 13.4. The highest BCUT2D eigenvalue weighted by Crippen LogP contribution is 2.43. The van der Waals surface area contributed by atoms with Crippen molar-refractivity contribution in [1.29, 1.82) is 0 Å². The molecule has 0 radical (unpaired) electrons. The number of nitrogens with zero attached hydrogens (tertiary/aromatic N) is 2. The first-order chi connectivity index (χ1) is 18.6. The van der Waals surface area contributed by atoms with Crippen molar-refractivity contribution < 1.29 is 32.9 Å². The fourth-order valence-corrected chi connectivity index (χ4v) is 5.40. The maximum absolute atomic E-state index is 13.4. The molecule has 0 unspecified atom stereocenters. The van der Waals surface area contributed by atoms with Crippen molar-refractivity contribution in [3.05, 3.63) is 70.1 Å². The summed E-state index contributed by atoms with van der Waals surface area (Å²) in [4.78, 5) is 18.1. The van der Waals surface area contributed by atoms with Gasteiger partial charge in [-0.1, -0.05) is 23.4 Å². The van der Waals surface area contributed by atoms with Crippen molar-refractivity contribution in [3.63, 3.8) is 0 Å². The molecule has 4 rings (SSSR count). The van der Waals surface area contributed by atoms with Gasteiger partial charge in [0.2, 0.25) is 0 Å². The van der Waals surface area contributed by atoms with Crippen LogP contribution >= 0.6 is 11.6 Å². The third-order valence-electron chi connectivity index (χ3n) is 7.31. The van der Waals surface area contributed by atoms with E-state index in [9.17, 15) is 28.2 Å². The van der Waals surface area contributed by atoms with Crippen LogP contribution in [0, 0.1) is 34.7 Å². The van der Waals surface area contributed by atoms with Gasteiger partial charge in [-0.3, -0.25) is 14.7 Å². The number of likely N-dealkylation sites (tertiary alicyclic amines) is 1. The zero-order valence-corrected chi connectivity index (χ0v) is 22.1. The lowest BCUT2D eigenvalue weighted by atomic mass is 9.71. The Labute approximate surface area is 229 Å². The van der Waals surface area contributed by atoms with Crippen LogP contribution in [0.25, 0.3) is 10.9 Å². The van der Waals surface area contributed by atoms with E-state index in [1.165, 1.54) is 6.20 Å². The second-order valence-electron chi connectivity index (χ2n) is 9.86. The molecule has 3 aromatic rings. The Morgan fingerprint density at radius 3 is 2.54 bits per heavy atom. The van der Waals surface area contributed by atoms with Crippen LogP contribution in [-0.2, 0) is 4.79 Å². The highest BCUT2D eigenvalue weighted by molar-refractivity contribution is 6.32. The van der Waals surface area contributed by atoms with Gasteiger partial charge in [0.1, 0.15) is 5.75 Å². The number of hydrogen-bond acceptors (Lipinski definition) is 5. The molecule has 0 aliphatic carbocycles. The summed E-state index contributed by atoms with van der Waals surface area (Å²) in [6.45, 7) is 1.45. The molecule has 0 bridgehead atoms. The van der Waals surface area contributed by atoms with Crippen LogP contribution in [0.1, 0.15) is 49.3 Å². The van der Waals surface area contributed by atoms with Crippen LogP contribution in [0.2, 0.25) is 5.02 Å². The van der Waals surface area contributed by atoms with Crippen molar-refractivity contribution in [2.24, 2.45) is 5.41 Å². The maximum Gasteiger partial charge on any atom is 0.303 e. The summed E-state index contributed by atoms with van der Waals surface area (Å²) >= 11 is 6.43. The Hall–Kier alpha value is -3.32. The molecule has 2 heterocycles. The number of ether oxygens (including phenoxy) is 1. The van der Waals surface area contributed by atoms with Gasteiger partial charge in [0.15, 0.2) is 17.5 Å². The Kier molecular flexibility index (Phi) is 9.01. The van der Waals surface area contributed by atoms with Crippen molar-refractivity contribution in [1.82, 2.24) is 9.88 Å². The summed E-state index contributed by atoms with van der Waals surface area (Å²) in [6.07, 6.45) is 2.46. The lowest BCUT2D eigenvalue weighted by Gasteiger charge is -2.41. The van der Waals surface area contributed by atoms with Crippen molar-refractivity contribution in [2.75, 3.05) is 26.7 Å². The van der Waals surface area contributed by atoms with Crippen molar-refractivity contribution >= 4 is 28.5 Å². The molecule has 39 heavy (non-hydrogen) atoms. The molecule has 10 heteroatoms. The molecule has 0 spiro atoms. The monoisotopic (exact) mass is 560 g/mol. The van der Waals surface area contributed by atoms with Crippen molar-refractivity contribution in [3.8, 4) is 17.6 Å². The largest absolute Gasteiger partial charge is 0.497 e. The summed E-state index contributed by atoms with van der Waals surface area (Å²) < 4.78 is 45.3. The number of hydrogen-bond donors (Lipinski definition) is 2. The molecular formula is C29H28ClF3N2O4. The lowest BCUT2D eigenvalue weighted by Crippen LogP contribution is -2.41. The first kappa shape index (κ1) is 28.7. The van der Waals surface area contributed by atoms with Crippen LogP contribution in [-0.4, -0.2) is 52.8 Å². The number of piperidine rings is 1. The molecule has 0 saturated carbocycles. The molecule has 206 valence electrons.